The van der Waals surface area contributed by atoms with E-state index in [-0.39, 0.29) is 29.6 Å². The number of carbonyl (C=O) groups excluding carboxylic acids is 2. The molecule has 0 fully saturated rings. The maximum atomic E-state index is 13.9. The molecule has 2 amide bonds. The van der Waals surface area contributed by atoms with Gasteiger partial charge in [0.2, 0.25) is 0 Å². The number of rotatable bonds is 4. The standard InChI is InChI=1S/C26H23FN4O5/c1-26(2,34)12-10-16-8-9-22-23(29-16)31(3)25(33)20(15-35-22)30-24(32)19-14-17(11-13-28-19)36-21-7-5-4-6-18(21)27/h4-9,11,13-14,20,34H,15H2,1-3H3,(H,30,32)/t20-/m0/s1. The predicted molar refractivity (Wildman–Crippen MR) is 128 cm³/mol. The predicted octanol–water partition coefficient (Wildman–Crippen LogP) is 2.68. The summed E-state index contributed by atoms with van der Waals surface area (Å²) >= 11 is 0. The van der Waals surface area contributed by atoms with E-state index in [4.69, 9.17) is 9.47 Å². The Labute approximate surface area is 206 Å². The summed E-state index contributed by atoms with van der Waals surface area (Å²) in [6, 6.07) is 10.9. The molecule has 0 bridgehead atoms. The van der Waals surface area contributed by atoms with E-state index in [1.165, 1.54) is 48.5 Å². The molecular formula is C26H23FN4O5. The van der Waals surface area contributed by atoms with Gasteiger partial charge in [-0.3, -0.25) is 19.5 Å². The molecule has 1 aromatic carbocycles. The highest BCUT2D eigenvalue weighted by molar-refractivity contribution is 6.02. The monoisotopic (exact) mass is 490 g/mol. The maximum Gasteiger partial charge on any atom is 0.270 e. The summed E-state index contributed by atoms with van der Waals surface area (Å²) < 4.78 is 25.1. The van der Waals surface area contributed by atoms with Crippen LogP contribution in [0.2, 0.25) is 0 Å². The lowest BCUT2D eigenvalue weighted by atomic mass is 10.1. The first-order chi connectivity index (χ1) is 17.1. The number of amides is 2. The van der Waals surface area contributed by atoms with Crippen LogP contribution in [0, 0.1) is 17.7 Å². The number of pyridine rings is 2. The van der Waals surface area contributed by atoms with E-state index in [1.54, 1.807) is 32.0 Å². The number of hydrogen-bond donors (Lipinski definition) is 2. The van der Waals surface area contributed by atoms with Crippen LogP contribution in [0.25, 0.3) is 0 Å². The topological polar surface area (TPSA) is 114 Å². The lowest BCUT2D eigenvalue weighted by Gasteiger charge is -2.19. The van der Waals surface area contributed by atoms with Gasteiger partial charge < -0.3 is 19.9 Å². The zero-order valence-electron chi connectivity index (χ0n) is 19.8. The molecule has 0 radical (unpaired) electrons. The number of halogens is 1. The normalized spacial score (nSPS) is 15.1. The highest BCUT2D eigenvalue weighted by atomic mass is 19.1. The molecule has 0 aliphatic carbocycles. The fourth-order valence-corrected chi connectivity index (χ4v) is 3.25. The largest absolute Gasteiger partial charge is 0.487 e. The summed E-state index contributed by atoms with van der Waals surface area (Å²) in [5.74, 6) is 4.57. The number of anilines is 1. The van der Waals surface area contributed by atoms with E-state index in [2.05, 4.69) is 27.1 Å². The van der Waals surface area contributed by atoms with Crippen LogP contribution in [0.15, 0.2) is 54.7 Å². The van der Waals surface area contributed by atoms with Gasteiger partial charge in [0.05, 0.1) is 0 Å². The number of fused-ring (bicyclic) bond motifs is 1. The van der Waals surface area contributed by atoms with Gasteiger partial charge in [-0.05, 0) is 50.1 Å². The molecule has 1 aliphatic heterocycles. The van der Waals surface area contributed by atoms with Gasteiger partial charge in [0.25, 0.3) is 11.8 Å². The van der Waals surface area contributed by atoms with Crippen LogP contribution < -0.4 is 19.7 Å². The fraction of sp³-hybridized carbons (Fsp3) is 0.231. The Hall–Kier alpha value is -4.49. The maximum absolute atomic E-state index is 13.9. The molecular weight excluding hydrogens is 467 g/mol. The van der Waals surface area contributed by atoms with Crippen molar-refractivity contribution in [2.75, 3.05) is 18.6 Å². The van der Waals surface area contributed by atoms with Gasteiger partial charge in [0.1, 0.15) is 35.4 Å². The third kappa shape index (κ3) is 5.76. The molecule has 2 aromatic heterocycles. The van der Waals surface area contributed by atoms with Crippen LogP contribution in [0.4, 0.5) is 10.2 Å². The number of likely N-dealkylation sites (N-methyl/N-ethyl adjacent to an activating group) is 1. The summed E-state index contributed by atoms with van der Waals surface area (Å²) in [4.78, 5) is 35.6. The molecule has 36 heavy (non-hydrogen) atoms. The lowest BCUT2D eigenvalue weighted by Crippen LogP contribution is -2.49. The summed E-state index contributed by atoms with van der Waals surface area (Å²) in [7, 11) is 1.51. The summed E-state index contributed by atoms with van der Waals surface area (Å²) in [6.07, 6.45) is 1.35. The molecule has 0 unspecified atom stereocenters. The fourth-order valence-electron chi connectivity index (χ4n) is 3.25. The van der Waals surface area contributed by atoms with Gasteiger partial charge in [0.15, 0.2) is 23.1 Å². The van der Waals surface area contributed by atoms with E-state index in [9.17, 15) is 19.1 Å². The number of benzene rings is 1. The Bertz CT molecular complexity index is 1380. The first-order valence-electron chi connectivity index (χ1n) is 11.0. The Morgan fingerprint density at radius 2 is 2.06 bits per heavy atom. The van der Waals surface area contributed by atoms with Gasteiger partial charge >= 0.3 is 0 Å². The van der Waals surface area contributed by atoms with Crippen LogP contribution in [-0.4, -0.2) is 52.2 Å². The van der Waals surface area contributed by atoms with Crippen LogP contribution in [0.5, 0.6) is 17.2 Å². The molecule has 0 saturated carbocycles. The van der Waals surface area contributed by atoms with Crippen molar-refractivity contribution in [2.24, 2.45) is 0 Å². The van der Waals surface area contributed by atoms with Crippen LogP contribution in [-0.2, 0) is 4.79 Å². The highest BCUT2D eigenvalue weighted by Gasteiger charge is 2.32. The van der Waals surface area contributed by atoms with Crippen molar-refractivity contribution in [1.29, 1.82) is 0 Å². The quantitative estimate of drug-likeness (QED) is 0.541. The third-order valence-electron chi connectivity index (χ3n) is 5.02. The van der Waals surface area contributed by atoms with Crippen molar-refractivity contribution >= 4 is 17.6 Å². The molecule has 1 atom stereocenters. The molecule has 184 valence electrons. The zero-order chi connectivity index (χ0) is 25.9. The molecule has 3 aromatic rings. The number of para-hydroxylation sites is 1. The minimum absolute atomic E-state index is 0.000837. The van der Waals surface area contributed by atoms with Crippen LogP contribution in [0.1, 0.15) is 30.0 Å². The molecule has 2 N–H and O–H groups in total. The second kappa shape index (κ2) is 10.0. The van der Waals surface area contributed by atoms with Crippen molar-refractivity contribution in [1.82, 2.24) is 15.3 Å². The average molecular weight is 490 g/mol. The minimum atomic E-state index is -1.20. The van der Waals surface area contributed by atoms with Gasteiger partial charge in [-0.25, -0.2) is 9.37 Å². The molecule has 0 saturated heterocycles. The number of ether oxygens (including phenoxy) is 2. The lowest BCUT2D eigenvalue weighted by molar-refractivity contribution is -0.120. The molecule has 3 heterocycles. The smallest absolute Gasteiger partial charge is 0.270 e. The molecule has 1 aliphatic rings. The van der Waals surface area contributed by atoms with Crippen LogP contribution >= 0.6 is 0 Å². The summed E-state index contributed by atoms with van der Waals surface area (Å²) in [5.41, 5.74) is -0.880. The minimum Gasteiger partial charge on any atom is -0.487 e. The second-order valence-corrected chi connectivity index (χ2v) is 8.47. The van der Waals surface area contributed by atoms with Crippen molar-refractivity contribution in [3.8, 4) is 29.1 Å². The number of aromatic nitrogens is 2. The van der Waals surface area contributed by atoms with Gasteiger partial charge in [-0.15, -0.1) is 0 Å². The Morgan fingerprint density at radius 1 is 1.28 bits per heavy atom. The molecule has 10 heteroatoms. The summed E-state index contributed by atoms with van der Waals surface area (Å²) in [5, 5.41) is 12.4. The van der Waals surface area contributed by atoms with Crippen molar-refractivity contribution in [2.45, 2.75) is 25.5 Å². The number of aliphatic hydroxyl groups is 1. The first-order valence-corrected chi connectivity index (χ1v) is 11.0. The SMILES string of the molecule is CN1C(=O)[C@@H](NC(=O)c2cc(Oc3ccccc3F)ccn2)COc2ccc(C#CC(C)(C)O)nc21. The Morgan fingerprint density at radius 3 is 2.81 bits per heavy atom. The first kappa shape index (κ1) is 24.6. The van der Waals surface area contributed by atoms with E-state index in [0.717, 1.165) is 0 Å². The van der Waals surface area contributed by atoms with Crippen LogP contribution in [0.3, 0.4) is 0 Å². The number of carbonyl (C=O) groups is 2. The second-order valence-electron chi connectivity index (χ2n) is 8.47. The zero-order valence-corrected chi connectivity index (χ0v) is 19.8. The Balaban J connectivity index is 1.49. The van der Waals surface area contributed by atoms with E-state index in [1.807, 2.05) is 0 Å². The van der Waals surface area contributed by atoms with Crippen molar-refractivity contribution < 1.29 is 28.6 Å². The van der Waals surface area contributed by atoms with Crippen molar-refractivity contribution in [3.05, 3.63) is 71.9 Å². The van der Waals surface area contributed by atoms with Gasteiger partial charge in [-0.2, -0.15) is 0 Å². The summed E-state index contributed by atoms with van der Waals surface area (Å²) in [6.45, 7) is 2.96. The number of nitrogens with one attached hydrogen (secondary N) is 1. The Kier molecular flexibility index (Phi) is 6.85. The number of nitrogens with zero attached hydrogens (tertiary/aromatic N) is 3. The van der Waals surface area contributed by atoms with E-state index < -0.39 is 29.3 Å². The molecule has 0 spiro atoms. The molecule has 9 nitrogen and oxygen atoms in total. The van der Waals surface area contributed by atoms with E-state index in [0.29, 0.717) is 11.4 Å². The van der Waals surface area contributed by atoms with Crippen molar-refractivity contribution in [3.63, 3.8) is 0 Å². The van der Waals surface area contributed by atoms with Gasteiger partial charge in [-0.1, -0.05) is 18.1 Å². The van der Waals surface area contributed by atoms with E-state index >= 15 is 0 Å². The third-order valence-corrected chi connectivity index (χ3v) is 5.02. The number of hydrogen-bond acceptors (Lipinski definition) is 7. The van der Waals surface area contributed by atoms with Gasteiger partial charge in [0, 0.05) is 19.3 Å². The molecule has 4 rings (SSSR count). The highest BCUT2D eigenvalue weighted by Crippen LogP contribution is 2.29. The average Bonchev–Trinajstić information content (AvgIpc) is 2.96.